The summed E-state index contributed by atoms with van der Waals surface area (Å²) in [5, 5.41) is 2.11. The van der Waals surface area contributed by atoms with Gasteiger partial charge in [-0.2, -0.15) is 0 Å². The number of thiophene rings is 1. The minimum Gasteiger partial charge on any atom is -0.490 e. The molecule has 31 heavy (non-hydrogen) atoms. The van der Waals surface area contributed by atoms with Crippen LogP contribution in [0.25, 0.3) is 0 Å². The fraction of sp³-hybridized carbons (Fsp3) is 0.333. The Labute approximate surface area is 187 Å². The van der Waals surface area contributed by atoms with E-state index >= 15 is 0 Å². The van der Waals surface area contributed by atoms with Crippen molar-refractivity contribution in [1.29, 1.82) is 0 Å². The lowest BCUT2D eigenvalue weighted by atomic mass is 10.1. The molecule has 0 spiro atoms. The van der Waals surface area contributed by atoms with Crippen LogP contribution in [0.1, 0.15) is 27.7 Å². The van der Waals surface area contributed by atoms with Gasteiger partial charge in [-0.25, -0.2) is 0 Å². The quantitative estimate of drug-likeness (QED) is 0.532. The molecule has 1 amide bonds. The molecule has 1 fully saturated rings. The van der Waals surface area contributed by atoms with Gasteiger partial charge in [-0.15, -0.1) is 11.3 Å². The molecule has 7 heteroatoms. The van der Waals surface area contributed by atoms with Crippen LogP contribution in [-0.2, 0) is 13.2 Å². The number of piperazine rings is 1. The highest BCUT2D eigenvalue weighted by molar-refractivity contribution is 7.09. The zero-order chi connectivity index (χ0) is 21.5. The van der Waals surface area contributed by atoms with Gasteiger partial charge in [0.2, 0.25) is 0 Å². The molecule has 0 N–H and O–H groups in total. The van der Waals surface area contributed by atoms with E-state index in [-0.39, 0.29) is 5.91 Å². The van der Waals surface area contributed by atoms with Crippen molar-refractivity contribution in [2.75, 3.05) is 32.8 Å². The van der Waals surface area contributed by atoms with E-state index in [1.54, 1.807) is 29.8 Å². The van der Waals surface area contributed by atoms with Gasteiger partial charge in [0.25, 0.3) is 5.91 Å². The van der Waals surface area contributed by atoms with Crippen molar-refractivity contribution in [3.63, 3.8) is 0 Å². The third kappa shape index (κ3) is 5.62. The van der Waals surface area contributed by atoms with Crippen molar-refractivity contribution < 1.29 is 14.3 Å². The van der Waals surface area contributed by atoms with E-state index in [0.717, 1.165) is 38.3 Å². The van der Waals surface area contributed by atoms with Gasteiger partial charge in [0.05, 0.1) is 6.61 Å². The summed E-state index contributed by atoms with van der Waals surface area (Å²) in [6.07, 6.45) is 3.51. The Morgan fingerprint density at radius 3 is 2.65 bits per heavy atom. The zero-order valence-electron chi connectivity index (χ0n) is 17.7. The first-order valence-electron chi connectivity index (χ1n) is 10.6. The van der Waals surface area contributed by atoms with Crippen molar-refractivity contribution in [3.8, 4) is 11.5 Å². The van der Waals surface area contributed by atoms with Crippen LogP contribution in [0.4, 0.5) is 0 Å². The summed E-state index contributed by atoms with van der Waals surface area (Å²) in [4.78, 5) is 22.9. The molecule has 2 aromatic heterocycles. The van der Waals surface area contributed by atoms with Gasteiger partial charge in [0.1, 0.15) is 6.61 Å². The summed E-state index contributed by atoms with van der Waals surface area (Å²) < 4.78 is 11.7. The predicted octanol–water partition coefficient (Wildman–Crippen LogP) is 4.08. The van der Waals surface area contributed by atoms with Gasteiger partial charge in [-0.1, -0.05) is 12.1 Å². The second-order valence-electron chi connectivity index (χ2n) is 7.39. The molecular formula is C24H27N3O3S. The predicted molar refractivity (Wildman–Crippen MR) is 122 cm³/mol. The number of hydrogen-bond donors (Lipinski definition) is 0. The molecule has 3 heterocycles. The number of rotatable bonds is 8. The smallest absolute Gasteiger partial charge is 0.254 e. The summed E-state index contributed by atoms with van der Waals surface area (Å²) in [5.41, 5.74) is 1.61. The average molecular weight is 438 g/mol. The summed E-state index contributed by atoms with van der Waals surface area (Å²) >= 11 is 1.78. The molecule has 0 atom stereocenters. The Morgan fingerprint density at radius 1 is 1.06 bits per heavy atom. The molecule has 1 aliphatic heterocycles. The normalized spacial score (nSPS) is 14.4. The lowest BCUT2D eigenvalue weighted by molar-refractivity contribution is 0.0629. The van der Waals surface area contributed by atoms with Gasteiger partial charge < -0.3 is 14.4 Å². The van der Waals surface area contributed by atoms with Crippen molar-refractivity contribution in [3.05, 3.63) is 76.2 Å². The molecule has 4 rings (SSSR count). The van der Waals surface area contributed by atoms with Crippen LogP contribution in [-0.4, -0.2) is 53.5 Å². The second-order valence-corrected chi connectivity index (χ2v) is 8.42. The van der Waals surface area contributed by atoms with Crippen LogP contribution in [0.3, 0.4) is 0 Å². The maximum Gasteiger partial charge on any atom is 0.254 e. The van der Waals surface area contributed by atoms with Gasteiger partial charge in [-0.3, -0.25) is 14.7 Å². The van der Waals surface area contributed by atoms with Crippen molar-refractivity contribution in [2.24, 2.45) is 0 Å². The first-order chi connectivity index (χ1) is 15.2. The van der Waals surface area contributed by atoms with Crippen LogP contribution in [0.5, 0.6) is 11.5 Å². The Balaban J connectivity index is 1.38. The Hall–Kier alpha value is -2.90. The topological polar surface area (TPSA) is 54.9 Å². The largest absolute Gasteiger partial charge is 0.490 e. The third-order valence-corrected chi connectivity index (χ3v) is 6.09. The molecule has 0 saturated carbocycles. The lowest BCUT2D eigenvalue weighted by Gasteiger charge is -2.34. The number of aromatic nitrogens is 1. The van der Waals surface area contributed by atoms with E-state index in [1.165, 1.54) is 4.88 Å². The van der Waals surface area contributed by atoms with E-state index in [2.05, 4.69) is 27.4 Å². The van der Waals surface area contributed by atoms with Crippen LogP contribution in [0.2, 0.25) is 0 Å². The number of pyridine rings is 1. The second kappa shape index (κ2) is 10.4. The monoisotopic (exact) mass is 437 g/mol. The fourth-order valence-electron chi connectivity index (χ4n) is 3.59. The van der Waals surface area contributed by atoms with Crippen molar-refractivity contribution in [1.82, 2.24) is 14.8 Å². The number of carbonyl (C=O) groups is 1. The van der Waals surface area contributed by atoms with Gasteiger partial charge in [0.15, 0.2) is 11.5 Å². The molecule has 0 unspecified atom stereocenters. The standard InChI is InChI=1S/C24H27N3O3S/c1-2-29-23-15-20(7-8-22(23)30-18-19-5-3-9-25-16-19)24(28)27-12-10-26(11-13-27)17-21-6-4-14-31-21/h3-9,14-16H,2,10-13,17-18H2,1H3. The summed E-state index contributed by atoms with van der Waals surface area (Å²) in [7, 11) is 0. The molecular weight excluding hydrogens is 410 g/mol. The van der Waals surface area contributed by atoms with Crippen LogP contribution >= 0.6 is 11.3 Å². The molecule has 162 valence electrons. The lowest BCUT2D eigenvalue weighted by Crippen LogP contribution is -2.48. The molecule has 1 saturated heterocycles. The van der Waals surface area contributed by atoms with E-state index in [0.29, 0.717) is 30.3 Å². The Bertz CT molecular complexity index is 971. The molecule has 6 nitrogen and oxygen atoms in total. The number of carbonyl (C=O) groups excluding carboxylic acids is 1. The van der Waals surface area contributed by atoms with E-state index in [4.69, 9.17) is 9.47 Å². The number of amides is 1. The minimum atomic E-state index is 0.0375. The SMILES string of the molecule is CCOc1cc(C(=O)N2CCN(Cc3cccs3)CC2)ccc1OCc1cccnc1. The zero-order valence-corrected chi connectivity index (χ0v) is 18.5. The molecule has 0 bridgehead atoms. The van der Waals surface area contributed by atoms with Gasteiger partial charge in [-0.05, 0) is 42.6 Å². The molecule has 0 radical (unpaired) electrons. The number of benzene rings is 1. The summed E-state index contributed by atoms with van der Waals surface area (Å²) in [5.74, 6) is 1.26. The van der Waals surface area contributed by atoms with E-state index in [1.807, 2.05) is 36.1 Å². The van der Waals surface area contributed by atoms with Crippen molar-refractivity contribution >= 4 is 17.2 Å². The third-order valence-electron chi connectivity index (χ3n) is 5.23. The molecule has 0 aliphatic carbocycles. The number of nitrogens with zero attached hydrogens (tertiary/aromatic N) is 3. The summed E-state index contributed by atoms with van der Waals surface area (Å²) in [6, 6.07) is 13.5. The Kier molecular flexibility index (Phi) is 7.17. The highest BCUT2D eigenvalue weighted by atomic mass is 32.1. The van der Waals surface area contributed by atoms with Crippen LogP contribution < -0.4 is 9.47 Å². The highest BCUT2D eigenvalue weighted by Crippen LogP contribution is 2.30. The van der Waals surface area contributed by atoms with E-state index < -0.39 is 0 Å². The molecule has 3 aromatic rings. The van der Waals surface area contributed by atoms with E-state index in [9.17, 15) is 4.79 Å². The fourth-order valence-corrected chi connectivity index (χ4v) is 4.33. The maximum atomic E-state index is 13.1. The number of ether oxygens (including phenoxy) is 2. The maximum absolute atomic E-state index is 13.1. The molecule has 1 aliphatic rings. The van der Waals surface area contributed by atoms with Gasteiger partial charge in [0, 0.05) is 61.1 Å². The average Bonchev–Trinajstić information content (AvgIpc) is 3.32. The number of hydrogen-bond acceptors (Lipinski definition) is 6. The van der Waals surface area contributed by atoms with Gasteiger partial charge >= 0.3 is 0 Å². The van der Waals surface area contributed by atoms with Crippen LogP contribution in [0.15, 0.2) is 60.2 Å². The first-order valence-corrected chi connectivity index (χ1v) is 11.4. The molecule has 1 aromatic carbocycles. The van der Waals surface area contributed by atoms with Crippen LogP contribution in [0, 0.1) is 0 Å². The van der Waals surface area contributed by atoms with Crippen molar-refractivity contribution in [2.45, 2.75) is 20.1 Å². The first kappa shape index (κ1) is 21.3. The summed E-state index contributed by atoms with van der Waals surface area (Å²) in [6.45, 7) is 7.00. The minimum absolute atomic E-state index is 0.0375. The Morgan fingerprint density at radius 2 is 1.94 bits per heavy atom. The highest BCUT2D eigenvalue weighted by Gasteiger charge is 2.23.